The Labute approximate surface area is 75.6 Å². The van der Waals surface area contributed by atoms with Gasteiger partial charge in [0, 0.05) is 5.56 Å². The van der Waals surface area contributed by atoms with Crippen molar-refractivity contribution < 1.29 is 0 Å². The molecule has 1 rings (SSSR count). The minimum absolute atomic E-state index is 1.10. The van der Waals surface area contributed by atoms with Crippen LogP contribution in [0.4, 0.5) is 0 Å². The van der Waals surface area contributed by atoms with E-state index >= 15 is 0 Å². The first kappa shape index (κ1) is 10.8. The zero-order chi connectivity index (χ0) is 9.40. The van der Waals surface area contributed by atoms with E-state index in [1.165, 1.54) is 5.56 Å². The molecule has 0 radical (unpaired) electrons. The molecule has 1 aromatic carbocycles. The van der Waals surface area contributed by atoms with Crippen LogP contribution in [0.15, 0.2) is 24.3 Å². The number of rotatable bonds is 0. The molecule has 64 valence electrons. The van der Waals surface area contributed by atoms with E-state index in [1.807, 2.05) is 32.9 Å². The van der Waals surface area contributed by atoms with Crippen LogP contribution in [0.3, 0.4) is 0 Å². The summed E-state index contributed by atoms with van der Waals surface area (Å²) in [5.74, 6) is 5.86. The van der Waals surface area contributed by atoms with Crippen molar-refractivity contribution in [1.82, 2.24) is 0 Å². The van der Waals surface area contributed by atoms with E-state index in [2.05, 4.69) is 30.9 Å². The minimum atomic E-state index is 1.10. The van der Waals surface area contributed by atoms with Crippen LogP contribution in [0.5, 0.6) is 0 Å². The molecule has 0 amide bonds. The zero-order valence-corrected chi connectivity index (χ0v) is 8.31. The van der Waals surface area contributed by atoms with Crippen LogP contribution in [-0.2, 0) is 0 Å². The summed E-state index contributed by atoms with van der Waals surface area (Å²) in [5, 5.41) is 0. The van der Waals surface area contributed by atoms with Crippen molar-refractivity contribution in [3.05, 3.63) is 35.4 Å². The third-order valence-electron chi connectivity index (χ3n) is 1.29. The highest BCUT2D eigenvalue weighted by Gasteiger charge is 1.84. The molecule has 0 fully saturated rings. The molecule has 0 spiro atoms. The molecule has 0 aliphatic carbocycles. The van der Waals surface area contributed by atoms with Crippen LogP contribution in [0.2, 0.25) is 0 Å². The van der Waals surface area contributed by atoms with E-state index in [4.69, 9.17) is 0 Å². The van der Waals surface area contributed by atoms with E-state index in [9.17, 15) is 0 Å². The Morgan fingerprint density at radius 1 is 1.17 bits per heavy atom. The normalized spacial score (nSPS) is 7.33. The Kier molecular flexibility index (Phi) is 5.83. The Hall–Kier alpha value is -1.22. The summed E-state index contributed by atoms with van der Waals surface area (Å²) in [6, 6.07) is 8.19. The Bertz CT molecular complexity index is 274. The Morgan fingerprint density at radius 2 is 1.83 bits per heavy atom. The zero-order valence-electron chi connectivity index (χ0n) is 8.31. The molecule has 0 heteroatoms. The summed E-state index contributed by atoms with van der Waals surface area (Å²) in [4.78, 5) is 0. The average Bonchev–Trinajstić information content (AvgIpc) is 2.09. The summed E-state index contributed by atoms with van der Waals surface area (Å²) >= 11 is 0. The maximum atomic E-state index is 3.00. The third-order valence-corrected chi connectivity index (χ3v) is 1.29. The van der Waals surface area contributed by atoms with Crippen molar-refractivity contribution >= 4 is 0 Å². The first-order valence-corrected chi connectivity index (χ1v) is 4.32. The van der Waals surface area contributed by atoms with Gasteiger partial charge in [0.2, 0.25) is 0 Å². The van der Waals surface area contributed by atoms with E-state index in [0.717, 1.165) is 5.56 Å². The van der Waals surface area contributed by atoms with Gasteiger partial charge in [-0.3, -0.25) is 0 Å². The second-order valence-corrected chi connectivity index (χ2v) is 2.24. The molecule has 1 aromatic rings. The average molecular weight is 160 g/mol. The Balaban J connectivity index is 0.000000561. The van der Waals surface area contributed by atoms with Crippen LogP contribution in [0.1, 0.15) is 31.9 Å². The van der Waals surface area contributed by atoms with Crippen molar-refractivity contribution in [3.63, 3.8) is 0 Å². The van der Waals surface area contributed by atoms with Gasteiger partial charge in [-0.05, 0) is 31.5 Å². The number of aryl methyl sites for hydroxylation is 1. The summed E-state index contributed by atoms with van der Waals surface area (Å²) in [5.41, 5.74) is 2.36. The molecule has 0 unspecified atom stereocenters. The third kappa shape index (κ3) is 3.83. The van der Waals surface area contributed by atoms with Gasteiger partial charge in [-0.1, -0.05) is 31.9 Å². The lowest BCUT2D eigenvalue weighted by atomic mass is 10.1. The summed E-state index contributed by atoms with van der Waals surface area (Å²) in [6.45, 7) is 7.92. The van der Waals surface area contributed by atoms with Gasteiger partial charge in [-0.2, -0.15) is 0 Å². The highest BCUT2D eigenvalue weighted by atomic mass is 13.9. The molecule has 0 aliphatic heterocycles. The number of hydrogen-bond donors (Lipinski definition) is 0. The smallest absolute Gasteiger partial charge is 0.0247 e. The van der Waals surface area contributed by atoms with Crippen LogP contribution in [-0.4, -0.2) is 0 Å². The quantitative estimate of drug-likeness (QED) is 0.510. The molecule has 0 nitrogen and oxygen atoms in total. The predicted molar refractivity (Wildman–Crippen MR) is 55.1 cm³/mol. The van der Waals surface area contributed by atoms with Gasteiger partial charge < -0.3 is 0 Å². The number of hydrogen-bond acceptors (Lipinski definition) is 0. The summed E-state index contributed by atoms with van der Waals surface area (Å²) < 4.78 is 0. The molecular weight excluding hydrogens is 144 g/mol. The molecule has 0 saturated heterocycles. The van der Waals surface area contributed by atoms with Gasteiger partial charge >= 0.3 is 0 Å². The molecule has 0 heterocycles. The fourth-order valence-corrected chi connectivity index (χ4v) is 0.867. The van der Waals surface area contributed by atoms with E-state index in [0.29, 0.717) is 0 Å². The second kappa shape index (κ2) is 6.49. The van der Waals surface area contributed by atoms with Gasteiger partial charge in [0.1, 0.15) is 0 Å². The Morgan fingerprint density at radius 3 is 2.33 bits per heavy atom. The molecule has 0 atom stereocenters. The van der Waals surface area contributed by atoms with Gasteiger partial charge in [-0.15, -0.1) is 5.92 Å². The fraction of sp³-hybridized carbons (Fsp3) is 0.333. The van der Waals surface area contributed by atoms with Crippen molar-refractivity contribution in [2.24, 2.45) is 0 Å². The molecule has 12 heavy (non-hydrogen) atoms. The van der Waals surface area contributed by atoms with Crippen molar-refractivity contribution in [2.45, 2.75) is 27.7 Å². The van der Waals surface area contributed by atoms with Crippen LogP contribution >= 0.6 is 0 Å². The topological polar surface area (TPSA) is 0 Å². The summed E-state index contributed by atoms with van der Waals surface area (Å²) in [7, 11) is 0. The van der Waals surface area contributed by atoms with Crippen molar-refractivity contribution in [2.75, 3.05) is 0 Å². The van der Waals surface area contributed by atoms with Gasteiger partial charge in [0.05, 0.1) is 0 Å². The molecule has 0 bridgehead atoms. The van der Waals surface area contributed by atoms with E-state index in [1.54, 1.807) is 0 Å². The minimum Gasteiger partial charge on any atom is -0.101 e. The lowest BCUT2D eigenvalue weighted by Gasteiger charge is -1.90. The highest BCUT2D eigenvalue weighted by molar-refractivity contribution is 5.36. The summed E-state index contributed by atoms with van der Waals surface area (Å²) in [6.07, 6.45) is 0. The number of benzene rings is 1. The fourth-order valence-electron chi connectivity index (χ4n) is 0.867. The lowest BCUT2D eigenvalue weighted by Crippen LogP contribution is -1.74. The van der Waals surface area contributed by atoms with Crippen LogP contribution < -0.4 is 0 Å². The SMILES string of the molecule is CC.CC#Cc1cccc(C)c1. The van der Waals surface area contributed by atoms with Crippen LogP contribution in [0, 0.1) is 18.8 Å². The van der Waals surface area contributed by atoms with Gasteiger partial charge in [0.15, 0.2) is 0 Å². The van der Waals surface area contributed by atoms with Gasteiger partial charge in [-0.25, -0.2) is 0 Å². The predicted octanol–water partition coefficient (Wildman–Crippen LogP) is 3.39. The van der Waals surface area contributed by atoms with Crippen LogP contribution in [0.25, 0.3) is 0 Å². The van der Waals surface area contributed by atoms with Crippen molar-refractivity contribution in [1.29, 1.82) is 0 Å². The molecule has 0 N–H and O–H groups in total. The van der Waals surface area contributed by atoms with Crippen molar-refractivity contribution in [3.8, 4) is 11.8 Å². The maximum Gasteiger partial charge on any atom is 0.0247 e. The molecule has 0 saturated carbocycles. The standard InChI is InChI=1S/C10H10.C2H6/c1-3-5-10-7-4-6-9(2)8-10;1-2/h4,6-8H,1-2H3;1-2H3. The molecular formula is C12H16. The molecule has 0 aromatic heterocycles. The second-order valence-electron chi connectivity index (χ2n) is 2.24. The molecule has 0 aliphatic rings. The highest BCUT2D eigenvalue weighted by Crippen LogP contribution is 2.01. The lowest BCUT2D eigenvalue weighted by molar-refractivity contribution is 1.45. The monoisotopic (exact) mass is 160 g/mol. The van der Waals surface area contributed by atoms with E-state index < -0.39 is 0 Å². The van der Waals surface area contributed by atoms with Gasteiger partial charge in [0.25, 0.3) is 0 Å². The first-order valence-electron chi connectivity index (χ1n) is 4.32. The van der Waals surface area contributed by atoms with E-state index in [-0.39, 0.29) is 0 Å². The maximum absolute atomic E-state index is 3.00. The first-order chi connectivity index (χ1) is 5.83. The largest absolute Gasteiger partial charge is 0.101 e.